The van der Waals surface area contributed by atoms with Crippen molar-refractivity contribution in [2.24, 2.45) is 0 Å². The van der Waals surface area contributed by atoms with Crippen molar-refractivity contribution in [2.75, 3.05) is 36.0 Å². The van der Waals surface area contributed by atoms with Crippen LogP contribution in [0.3, 0.4) is 0 Å². The maximum absolute atomic E-state index is 12.0. The number of anilines is 2. The number of aromatic nitrogens is 5. The predicted molar refractivity (Wildman–Crippen MR) is 129 cm³/mol. The molecule has 0 unspecified atom stereocenters. The summed E-state index contributed by atoms with van der Waals surface area (Å²) < 4.78 is 2.20. The van der Waals surface area contributed by atoms with E-state index < -0.39 is 0 Å². The van der Waals surface area contributed by atoms with Crippen molar-refractivity contribution in [3.05, 3.63) is 47.1 Å². The van der Waals surface area contributed by atoms with Gasteiger partial charge >= 0.3 is 0 Å². The molecule has 0 spiro atoms. The third-order valence-corrected chi connectivity index (χ3v) is 7.34. The molecule has 1 amide bonds. The van der Waals surface area contributed by atoms with Gasteiger partial charge < -0.3 is 19.7 Å². The minimum Gasteiger partial charge on any atom is -0.353 e. The quantitative estimate of drug-likeness (QED) is 0.500. The first kappa shape index (κ1) is 20.1. The van der Waals surface area contributed by atoms with Crippen LogP contribution in [0, 0.1) is 0 Å². The van der Waals surface area contributed by atoms with Crippen LogP contribution in [0.25, 0.3) is 21.6 Å². The Bertz CT molecular complexity index is 1330. The summed E-state index contributed by atoms with van der Waals surface area (Å²) in [6.45, 7) is 5.96. The molecule has 6 rings (SSSR count). The molecule has 33 heavy (non-hydrogen) atoms. The summed E-state index contributed by atoms with van der Waals surface area (Å²) in [5.41, 5.74) is 1.07. The van der Waals surface area contributed by atoms with Gasteiger partial charge in [0.2, 0.25) is 11.9 Å². The number of hydrogen-bond acceptors (Lipinski definition) is 8. The SMILES string of the molecule is CCc1cc2c(N3CCn4c(nnc4-c4ccccc4)C3)nc(N3CCNC(=O)C3)nc2s1. The van der Waals surface area contributed by atoms with E-state index in [1.807, 2.05) is 23.1 Å². The first-order valence-corrected chi connectivity index (χ1v) is 12.1. The van der Waals surface area contributed by atoms with Gasteiger partial charge in [-0.05, 0) is 12.5 Å². The summed E-state index contributed by atoms with van der Waals surface area (Å²) in [6.07, 6.45) is 0.955. The number of thiophene rings is 1. The highest BCUT2D eigenvalue weighted by Gasteiger charge is 2.27. The van der Waals surface area contributed by atoms with Gasteiger partial charge in [0.05, 0.1) is 18.5 Å². The van der Waals surface area contributed by atoms with Gasteiger partial charge in [0.1, 0.15) is 10.6 Å². The average molecular weight is 461 g/mol. The fourth-order valence-corrected chi connectivity index (χ4v) is 5.41. The number of nitrogens with zero attached hydrogens (tertiary/aromatic N) is 7. The van der Waals surface area contributed by atoms with Gasteiger partial charge in [-0.25, -0.2) is 4.98 Å². The molecule has 1 saturated heterocycles. The maximum atomic E-state index is 12.0. The van der Waals surface area contributed by atoms with Gasteiger partial charge in [-0.1, -0.05) is 37.3 Å². The highest BCUT2D eigenvalue weighted by molar-refractivity contribution is 7.18. The first-order chi connectivity index (χ1) is 16.2. The zero-order chi connectivity index (χ0) is 22.4. The van der Waals surface area contributed by atoms with E-state index in [-0.39, 0.29) is 12.5 Å². The van der Waals surface area contributed by atoms with Crippen molar-refractivity contribution in [3.63, 3.8) is 0 Å². The van der Waals surface area contributed by atoms with Gasteiger partial charge in [0, 0.05) is 36.6 Å². The van der Waals surface area contributed by atoms with Crippen LogP contribution < -0.4 is 15.1 Å². The molecule has 5 heterocycles. The molecule has 168 valence electrons. The molecule has 0 bridgehead atoms. The molecular weight excluding hydrogens is 436 g/mol. The minimum atomic E-state index is 0.00596. The van der Waals surface area contributed by atoms with Crippen LogP contribution in [0.1, 0.15) is 17.6 Å². The largest absolute Gasteiger partial charge is 0.353 e. The van der Waals surface area contributed by atoms with Crippen molar-refractivity contribution in [1.82, 2.24) is 30.0 Å². The zero-order valence-corrected chi connectivity index (χ0v) is 19.2. The number of benzene rings is 1. The Hall–Kier alpha value is -3.53. The number of aryl methyl sites for hydroxylation is 1. The number of piperazine rings is 1. The summed E-state index contributed by atoms with van der Waals surface area (Å²) in [4.78, 5) is 28.3. The van der Waals surface area contributed by atoms with E-state index in [1.54, 1.807) is 11.3 Å². The standard InChI is InChI=1S/C23H24N8OS/c1-2-16-12-17-21(25-23(26-22(17)33-16)30-9-8-24-19(32)14-30)29-10-11-31-18(13-29)27-28-20(31)15-6-4-3-5-7-15/h3-7,12H,2,8-11,13-14H2,1H3,(H,24,32). The number of nitrogens with one attached hydrogen (secondary N) is 1. The molecule has 4 aromatic rings. The van der Waals surface area contributed by atoms with Crippen LogP contribution in [0.2, 0.25) is 0 Å². The molecule has 0 saturated carbocycles. The summed E-state index contributed by atoms with van der Waals surface area (Å²) in [7, 11) is 0. The van der Waals surface area contributed by atoms with E-state index in [1.165, 1.54) is 4.88 Å². The number of hydrogen-bond donors (Lipinski definition) is 1. The van der Waals surface area contributed by atoms with Crippen LogP contribution in [0.4, 0.5) is 11.8 Å². The van der Waals surface area contributed by atoms with Crippen LogP contribution >= 0.6 is 11.3 Å². The van der Waals surface area contributed by atoms with E-state index in [9.17, 15) is 4.79 Å². The fraction of sp³-hybridized carbons (Fsp3) is 0.348. The van der Waals surface area contributed by atoms with Crippen LogP contribution in [0.5, 0.6) is 0 Å². The Morgan fingerprint density at radius 3 is 2.73 bits per heavy atom. The number of rotatable bonds is 4. The molecule has 0 aliphatic carbocycles. The fourth-order valence-electron chi connectivity index (χ4n) is 4.45. The molecule has 2 aliphatic rings. The number of fused-ring (bicyclic) bond motifs is 2. The Morgan fingerprint density at radius 2 is 1.91 bits per heavy atom. The Balaban J connectivity index is 1.38. The lowest BCUT2D eigenvalue weighted by Gasteiger charge is -2.31. The van der Waals surface area contributed by atoms with Crippen molar-refractivity contribution in [2.45, 2.75) is 26.4 Å². The Morgan fingerprint density at radius 1 is 1.03 bits per heavy atom. The number of carbonyl (C=O) groups excluding carboxylic acids is 1. The normalized spacial score (nSPS) is 16.2. The molecule has 1 aromatic carbocycles. The highest BCUT2D eigenvalue weighted by atomic mass is 32.1. The maximum Gasteiger partial charge on any atom is 0.239 e. The molecule has 0 atom stereocenters. The number of amides is 1. The van der Waals surface area contributed by atoms with Gasteiger partial charge in [-0.15, -0.1) is 21.5 Å². The third kappa shape index (κ3) is 3.60. The van der Waals surface area contributed by atoms with Crippen molar-refractivity contribution >= 4 is 39.2 Å². The molecule has 10 heteroatoms. The van der Waals surface area contributed by atoms with Crippen LogP contribution in [0.15, 0.2) is 36.4 Å². The van der Waals surface area contributed by atoms with Crippen LogP contribution in [-0.4, -0.2) is 56.8 Å². The van der Waals surface area contributed by atoms with Crippen molar-refractivity contribution in [3.8, 4) is 11.4 Å². The average Bonchev–Trinajstić information content (AvgIpc) is 3.47. The third-order valence-electron chi connectivity index (χ3n) is 6.17. The Labute approximate surface area is 195 Å². The zero-order valence-electron chi connectivity index (χ0n) is 18.4. The van der Waals surface area contributed by atoms with E-state index in [0.29, 0.717) is 25.6 Å². The molecule has 1 N–H and O–H groups in total. The molecule has 9 nitrogen and oxygen atoms in total. The predicted octanol–water partition coefficient (Wildman–Crippen LogP) is 2.47. The van der Waals surface area contributed by atoms with Gasteiger partial charge in [-0.3, -0.25) is 4.79 Å². The highest BCUT2D eigenvalue weighted by Crippen LogP contribution is 2.35. The van der Waals surface area contributed by atoms with Crippen LogP contribution in [-0.2, 0) is 24.3 Å². The van der Waals surface area contributed by atoms with Gasteiger partial charge in [-0.2, -0.15) is 4.98 Å². The summed E-state index contributed by atoms with van der Waals surface area (Å²) in [5.74, 6) is 3.37. The van der Waals surface area contributed by atoms with Crippen molar-refractivity contribution < 1.29 is 4.79 Å². The van der Waals surface area contributed by atoms with E-state index in [4.69, 9.17) is 9.97 Å². The molecular formula is C23H24N8OS. The lowest BCUT2D eigenvalue weighted by atomic mass is 10.2. The van der Waals surface area contributed by atoms with Gasteiger partial charge in [0.25, 0.3) is 0 Å². The summed E-state index contributed by atoms with van der Waals surface area (Å²) in [6, 6.07) is 12.4. The second-order valence-corrected chi connectivity index (χ2v) is 9.40. The minimum absolute atomic E-state index is 0.00596. The summed E-state index contributed by atoms with van der Waals surface area (Å²) >= 11 is 1.70. The molecule has 0 radical (unpaired) electrons. The second kappa shape index (κ2) is 8.11. The summed E-state index contributed by atoms with van der Waals surface area (Å²) in [5, 5.41) is 12.9. The first-order valence-electron chi connectivity index (χ1n) is 11.2. The van der Waals surface area contributed by atoms with E-state index >= 15 is 0 Å². The second-order valence-electron chi connectivity index (χ2n) is 8.28. The van der Waals surface area contributed by atoms with E-state index in [0.717, 1.165) is 52.8 Å². The lowest BCUT2D eigenvalue weighted by Crippen LogP contribution is -2.48. The monoisotopic (exact) mass is 460 g/mol. The smallest absolute Gasteiger partial charge is 0.239 e. The molecule has 3 aromatic heterocycles. The Kier molecular flexibility index (Phi) is 4.94. The van der Waals surface area contributed by atoms with Crippen molar-refractivity contribution in [1.29, 1.82) is 0 Å². The van der Waals surface area contributed by atoms with Gasteiger partial charge in [0.15, 0.2) is 11.6 Å². The molecule has 1 fully saturated rings. The lowest BCUT2D eigenvalue weighted by molar-refractivity contribution is -0.120. The van der Waals surface area contributed by atoms with E-state index in [2.05, 4.69) is 50.1 Å². The topological polar surface area (TPSA) is 92.1 Å². The number of carbonyl (C=O) groups is 1. The molecule has 2 aliphatic heterocycles.